The van der Waals surface area contributed by atoms with E-state index in [1.165, 1.54) is 0 Å². The lowest BCUT2D eigenvalue weighted by atomic mass is 10.2. The van der Waals surface area contributed by atoms with Gasteiger partial charge in [-0.2, -0.15) is 0 Å². The molecule has 3 nitrogen and oxygen atoms in total. The number of rotatable bonds is 2. The number of benzene rings is 1. The third-order valence-corrected chi connectivity index (χ3v) is 3.78. The number of anilines is 1. The van der Waals surface area contributed by atoms with Crippen LogP contribution in [0.3, 0.4) is 0 Å². The molecule has 0 amide bonds. The van der Waals surface area contributed by atoms with Crippen LogP contribution in [0.25, 0.3) is 10.9 Å². The topological polar surface area (TPSA) is 22.3 Å². The third-order valence-electron chi connectivity index (χ3n) is 3.78. The summed E-state index contributed by atoms with van der Waals surface area (Å²) in [5.74, 6) is -0.162. The first-order valence-corrected chi connectivity index (χ1v) is 6.52. The first-order valence-electron chi connectivity index (χ1n) is 6.52. The van der Waals surface area contributed by atoms with Crippen molar-refractivity contribution in [3.63, 3.8) is 0 Å². The van der Waals surface area contributed by atoms with Crippen molar-refractivity contribution < 1.29 is 4.39 Å². The summed E-state index contributed by atoms with van der Waals surface area (Å²) in [5.41, 5.74) is 1.60. The van der Waals surface area contributed by atoms with Crippen LogP contribution in [0.5, 0.6) is 0 Å². The summed E-state index contributed by atoms with van der Waals surface area (Å²) >= 11 is 0. The summed E-state index contributed by atoms with van der Waals surface area (Å²) in [5, 5.41) is 0.947. The van der Waals surface area contributed by atoms with Crippen LogP contribution in [0.15, 0.2) is 24.4 Å². The molecule has 0 unspecified atom stereocenters. The fourth-order valence-corrected chi connectivity index (χ4v) is 2.62. The van der Waals surface area contributed by atoms with E-state index in [0.29, 0.717) is 5.52 Å². The summed E-state index contributed by atoms with van der Waals surface area (Å²) < 4.78 is 13.9. The van der Waals surface area contributed by atoms with Crippen LogP contribution >= 0.6 is 0 Å². The molecule has 1 aliphatic heterocycles. The fraction of sp³-hybridized carbons (Fsp3) is 0.429. The lowest BCUT2D eigenvalue weighted by Crippen LogP contribution is -2.46. The van der Waals surface area contributed by atoms with Crippen molar-refractivity contribution >= 4 is 16.6 Å². The molecule has 0 bridgehead atoms. The quantitative estimate of drug-likeness (QED) is 0.880. The zero-order valence-corrected chi connectivity index (χ0v) is 10.6. The van der Waals surface area contributed by atoms with Gasteiger partial charge in [-0.1, -0.05) is 6.92 Å². The van der Waals surface area contributed by atoms with Crippen LogP contribution in [0.4, 0.5) is 10.1 Å². The molecule has 1 saturated heterocycles. The molecule has 0 radical (unpaired) electrons. The van der Waals surface area contributed by atoms with Gasteiger partial charge in [-0.05, 0) is 24.7 Å². The number of nitrogens with zero attached hydrogens (tertiary/aromatic N) is 2. The molecule has 96 valence electrons. The van der Waals surface area contributed by atoms with E-state index < -0.39 is 0 Å². The largest absolute Gasteiger partial charge is 0.369 e. The lowest BCUT2D eigenvalue weighted by Gasteiger charge is -2.35. The number of hydrogen-bond donors (Lipinski definition) is 1. The molecule has 1 N–H and O–H groups in total. The number of likely N-dealkylation sites (N-methyl/N-ethyl adjacent to an activating group) is 1. The Morgan fingerprint density at radius 3 is 2.72 bits per heavy atom. The zero-order chi connectivity index (χ0) is 12.5. The van der Waals surface area contributed by atoms with Crippen LogP contribution in [0.2, 0.25) is 0 Å². The number of hydrogen-bond acceptors (Lipinski definition) is 2. The first-order chi connectivity index (χ1) is 8.78. The van der Waals surface area contributed by atoms with Crippen molar-refractivity contribution in [2.45, 2.75) is 6.92 Å². The van der Waals surface area contributed by atoms with Gasteiger partial charge in [0, 0.05) is 43.4 Å². The van der Waals surface area contributed by atoms with E-state index in [1.54, 1.807) is 12.3 Å². The summed E-state index contributed by atoms with van der Waals surface area (Å²) in [6, 6.07) is 5.63. The Hall–Kier alpha value is -1.55. The molecule has 0 spiro atoms. The summed E-state index contributed by atoms with van der Waals surface area (Å²) in [6.45, 7) is 7.35. The van der Waals surface area contributed by atoms with Gasteiger partial charge in [-0.15, -0.1) is 0 Å². The molecule has 1 aliphatic rings. The molecule has 0 saturated carbocycles. The molecule has 4 heteroatoms. The van der Waals surface area contributed by atoms with Crippen molar-refractivity contribution in [2.24, 2.45) is 0 Å². The Bertz CT molecular complexity index is 541. The van der Waals surface area contributed by atoms with E-state index in [-0.39, 0.29) is 5.82 Å². The van der Waals surface area contributed by atoms with Crippen molar-refractivity contribution in [1.29, 1.82) is 0 Å². The van der Waals surface area contributed by atoms with Crippen molar-refractivity contribution in [3.8, 4) is 0 Å². The Kier molecular flexibility index (Phi) is 2.96. The van der Waals surface area contributed by atoms with Gasteiger partial charge in [0.25, 0.3) is 0 Å². The molecule has 2 aromatic rings. The van der Waals surface area contributed by atoms with Crippen LogP contribution in [0, 0.1) is 5.82 Å². The van der Waals surface area contributed by atoms with Crippen molar-refractivity contribution in [1.82, 2.24) is 9.88 Å². The standard InChI is InChI=1S/C14H18FN3/c1-2-17-5-7-18(8-6-17)12-9-11-3-4-16-14(11)13(15)10-12/h3-4,9-10,16H,2,5-8H2,1H3. The summed E-state index contributed by atoms with van der Waals surface area (Å²) in [6.07, 6.45) is 1.78. The number of aromatic nitrogens is 1. The van der Waals surface area contributed by atoms with Gasteiger partial charge in [0.15, 0.2) is 0 Å². The van der Waals surface area contributed by atoms with Crippen molar-refractivity contribution in [3.05, 3.63) is 30.2 Å². The molecular formula is C14H18FN3. The van der Waals surface area contributed by atoms with Gasteiger partial charge >= 0.3 is 0 Å². The predicted octanol–water partition coefficient (Wildman–Crippen LogP) is 2.45. The van der Waals surface area contributed by atoms with Gasteiger partial charge in [-0.25, -0.2) is 4.39 Å². The smallest absolute Gasteiger partial charge is 0.149 e. The van der Waals surface area contributed by atoms with E-state index in [1.807, 2.05) is 6.07 Å². The zero-order valence-electron chi connectivity index (χ0n) is 10.6. The fourth-order valence-electron chi connectivity index (χ4n) is 2.62. The van der Waals surface area contributed by atoms with E-state index in [0.717, 1.165) is 43.8 Å². The van der Waals surface area contributed by atoms with Gasteiger partial charge in [-0.3, -0.25) is 0 Å². The van der Waals surface area contributed by atoms with Gasteiger partial charge in [0.1, 0.15) is 5.82 Å². The van der Waals surface area contributed by atoms with Gasteiger partial charge < -0.3 is 14.8 Å². The molecule has 0 atom stereocenters. The average Bonchev–Trinajstić information content (AvgIpc) is 2.88. The van der Waals surface area contributed by atoms with Gasteiger partial charge in [0.2, 0.25) is 0 Å². The minimum absolute atomic E-state index is 0.162. The monoisotopic (exact) mass is 247 g/mol. The van der Waals surface area contributed by atoms with E-state index in [4.69, 9.17) is 0 Å². The number of aromatic amines is 1. The SMILES string of the molecule is CCN1CCN(c2cc(F)c3[nH]ccc3c2)CC1. The van der Waals surface area contributed by atoms with E-state index >= 15 is 0 Å². The Morgan fingerprint density at radius 1 is 1.22 bits per heavy atom. The second-order valence-corrected chi connectivity index (χ2v) is 4.79. The molecule has 1 fully saturated rings. The van der Waals surface area contributed by atoms with E-state index in [2.05, 4.69) is 27.8 Å². The molecule has 1 aromatic carbocycles. The maximum atomic E-state index is 13.9. The molecule has 2 heterocycles. The first kappa shape index (κ1) is 11.5. The number of H-pyrrole nitrogens is 1. The molecule has 1 aromatic heterocycles. The Morgan fingerprint density at radius 2 is 2.00 bits per heavy atom. The number of nitrogens with one attached hydrogen (secondary N) is 1. The van der Waals surface area contributed by atoms with Crippen LogP contribution in [-0.2, 0) is 0 Å². The van der Waals surface area contributed by atoms with Crippen LogP contribution < -0.4 is 4.90 Å². The third kappa shape index (κ3) is 1.97. The molecule has 0 aliphatic carbocycles. The second kappa shape index (κ2) is 4.61. The highest BCUT2D eigenvalue weighted by Crippen LogP contribution is 2.25. The van der Waals surface area contributed by atoms with Crippen LogP contribution in [0.1, 0.15) is 6.92 Å². The van der Waals surface area contributed by atoms with E-state index in [9.17, 15) is 4.39 Å². The number of halogens is 1. The highest BCUT2D eigenvalue weighted by Gasteiger charge is 2.17. The summed E-state index contributed by atoms with van der Waals surface area (Å²) in [4.78, 5) is 7.62. The van der Waals surface area contributed by atoms with Crippen LogP contribution in [-0.4, -0.2) is 42.6 Å². The lowest BCUT2D eigenvalue weighted by molar-refractivity contribution is 0.271. The van der Waals surface area contributed by atoms with Crippen molar-refractivity contribution in [2.75, 3.05) is 37.6 Å². The Balaban J connectivity index is 1.86. The minimum atomic E-state index is -0.162. The van der Waals surface area contributed by atoms with Gasteiger partial charge in [0.05, 0.1) is 5.52 Å². The molecule has 18 heavy (non-hydrogen) atoms. The highest BCUT2D eigenvalue weighted by atomic mass is 19.1. The normalized spacial score (nSPS) is 17.6. The molecule has 3 rings (SSSR count). The number of fused-ring (bicyclic) bond motifs is 1. The Labute approximate surface area is 106 Å². The maximum Gasteiger partial charge on any atom is 0.149 e. The minimum Gasteiger partial charge on any atom is -0.369 e. The summed E-state index contributed by atoms with van der Waals surface area (Å²) in [7, 11) is 0. The maximum absolute atomic E-state index is 13.9. The second-order valence-electron chi connectivity index (χ2n) is 4.79. The average molecular weight is 247 g/mol. The number of piperazine rings is 1. The highest BCUT2D eigenvalue weighted by molar-refractivity contribution is 5.83. The molecular weight excluding hydrogens is 229 g/mol. The predicted molar refractivity (Wildman–Crippen MR) is 72.6 cm³/mol.